The van der Waals surface area contributed by atoms with E-state index in [0.29, 0.717) is 0 Å². The Morgan fingerprint density at radius 2 is 1.81 bits per heavy atom. The third-order valence-corrected chi connectivity index (χ3v) is 5.77. The number of nitrogens with one attached hydrogen (secondary N) is 1. The molecule has 0 bridgehead atoms. The number of carbonyl (C=O) groups excluding carboxylic acids is 3. The van der Waals surface area contributed by atoms with Crippen molar-refractivity contribution in [2.75, 3.05) is 49.1 Å². The molecular weight excluding hydrogens is 502 g/mol. The van der Waals surface area contributed by atoms with Gasteiger partial charge in [0.05, 0.1) is 38.3 Å². The van der Waals surface area contributed by atoms with Gasteiger partial charge in [0, 0.05) is 37.6 Å². The Labute approximate surface area is 208 Å². The maximum absolute atomic E-state index is 15.1. The second-order valence-electron chi connectivity index (χ2n) is 8.27. The number of amides is 3. The number of hydrogen-bond acceptors (Lipinski definition) is 7. The number of benzene rings is 1. The predicted molar refractivity (Wildman–Crippen MR) is 121 cm³/mol. The van der Waals surface area contributed by atoms with E-state index in [1.165, 1.54) is 4.90 Å². The average molecular weight is 525 g/mol. The van der Waals surface area contributed by atoms with Crippen molar-refractivity contribution in [2.45, 2.75) is 19.0 Å². The van der Waals surface area contributed by atoms with Crippen LogP contribution in [0.2, 0.25) is 0 Å². The van der Waals surface area contributed by atoms with E-state index in [1.807, 2.05) is 5.32 Å². The average Bonchev–Trinajstić information content (AvgIpc) is 3.07. The summed E-state index contributed by atoms with van der Waals surface area (Å²) in [5, 5.41) is 3.10. The molecule has 1 aromatic heterocycles. The fourth-order valence-electron chi connectivity index (χ4n) is 3.97. The Morgan fingerprint density at radius 3 is 2.49 bits per heavy atom. The highest BCUT2D eigenvalue weighted by atomic mass is 19.3. The van der Waals surface area contributed by atoms with Crippen molar-refractivity contribution in [2.24, 2.45) is 0 Å². The van der Waals surface area contributed by atoms with Crippen LogP contribution in [0.5, 0.6) is 0 Å². The number of cyclic esters (lactones) is 1. The minimum atomic E-state index is -3.22. The number of anilines is 2. The third kappa shape index (κ3) is 6.25. The number of carbonyl (C=O) groups is 3. The fourth-order valence-corrected chi connectivity index (χ4v) is 3.97. The number of hydrogen-bond donors (Lipinski definition) is 1. The van der Waals surface area contributed by atoms with Gasteiger partial charge in [-0.25, -0.2) is 18.6 Å². The lowest BCUT2D eigenvalue weighted by Crippen LogP contribution is -2.37. The first-order valence-electron chi connectivity index (χ1n) is 11.3. The Bertz CT molecular complexity index is 1130. The van der Waals surface area contributed by atoms with Crippen molar-refractivity contribution in [3.63, 3.8) is 0 Å². The number of aromatic nitrogens is 1. The van der Waals surface area contributed by atoms with Crippen molar-refractivity contribution in [3.05, 3.63) is 53.9 Å². The standard InChI is InChI=1S/C23H23F4N5O5/c24-17-10-15(31-13-16(37-23(31)35)12-29-22(34)21(26)27)11-18(25)20(17)30-5-6-32(36-8-7-30)19(33)9-14-1-3-28-4-2-14/h1-4,10-11,16,21H,5-9,12-13H2,(H,29,34). The number of rotatable bonds is 7. The van der Waals surface area contributed by atoms with Gasteiger partial charge >= 0.3 is 12.5 Å². The summed E-state index contributed by atoms with van der Waals surface area (Å²) in [6.07, 6.45) is -1.92. The van der Waals surface area contributed by atoms with Gasteiger partial charge in [-0.2, -0.15) is 8.78 Å². The molecule has 1 aromatic carbocycles. The van der Waals surface area contributed by atoms with Gasteiger partial charge < -0.3 is 15.0 Å². The second-order valence-corrected chi connectivity index (χ2v) is 8.27. The third-order valence-electron chi connectivity index (χ3n) is 5.77. The Hall–Kier alpha value is -3.94. The topological polar surface area (TPSA) is 104 Å². The van der Waals surface area contributed by atoms with Crippen LogP contribution < -0.4 is 15.1 Å². The molecule has 2 aromatic rings. The van der Waals surface area contributed by atoms with Gasteiger partial charge in [-0.15, -0.1) is 0 Å². The van der Waals surface area contributed by atoms with E-state index in [4.69, 9.17) is 9.57 Å². The first-order chi connectivity index (χ1) is 17.7. The maximum Gasteiger partial charge on any atom is 0.414 e. The molecule has 0 aliphatic carbocycles. The first kappa shape index (κ1) is 26.1. The minimum absolute atomic E-state index is 0.00713. The summed E-state index contributed by atoms with van der Waals surface area (Å²) >= 11 is 0. The molecule has 0 radical (unpaired) electrons. The van der Waals surface area contributed by atoms with Crippen LogP contribution in [0.25, 0.3) is 0 Å². The minimum Gasteiger partial charge on any atom is -0.442 e. The number of hydroxylamine groups is 2. The van der Waals surface area contributed by atoms with E-state index in [1.54, 1.807) is 24.5 Å². The lowest BCUT2D eigenvalue weighted by Gasteiger charge is -2.24. The molecule has 0 saturated carbocycles. The van der Waals surface area contributed by atoms with Gasteiger partial charge in [0.2, 0.25) is 0 Å². The molecule has 2 saturated heterocycles. The van der Waals surface area contributed by atoms with Gasteiger partial charge in [-0.3, -0.25) is 24.3 Å². The highest BCUT2D eigenvalue weighted by Crippen LogP contribution is 2.31. The van der Waals surface area contributed by atoms with Gasteiger partial charge in [0.1, 0.15) is 11.8 Å². The van der Waals surface area contributed by atoms with E-state index in [9.17, 15) is 23.2 Å². The van der Waals surface area contributed by atoms with Crippen molar-refractivity contribution in [3.8, 4) is 0 Å². The summed E-state index contributed by atoms with van der Waals surface area (Å²) in [6.45, 7) is -0.315. The molecule has 2 fully saturated rings. The smallest absolute Gasteiger partial charge is 0.414 e. The number of pyridine rings is 1. The zero-order valence-corrected chi connectivity index (χ0v) is 19.4. The zero-order valence-electron chi connectivity index (χ0n) is 19.4. The highest BCUT2D eigenvalue weighted by molar-refractivity contribution is 5.90. The number of halogens is 4. The Balaban J connectivity index is 1.39. The van der Waals surface area contributed by atoms with E-state index < -0.39 is 36.2 Å². The van der Waals surface area contributed by atoms with Crippen molar-refractivity contribution in [1.82, 2.24) is 15.4 Å². The zero-order chi connectivity index (χ0) is 26.5. The van der Waals surface area contributed by atoms with Crippen LogP contribution in [0, 0.1) is 11.6 Å². The molecule has 2 aliphatic rings. The van der Waals surface area contributed by atoms with Gasteiger partial charge in [-0.05, 0) is 17.7 Å². The Morgan fingerprint density at radius 1 is 1.11 bits per heavy atom. The van der Waals surface area contributed by atoms with E-state index >= 15 is 8.78 Å². The van der Waals surface area contributed by atoms with Crippen LogP contribution in [-0.2, 0) is 25.6 Å². The molecule has 3 amide bonds. The highest BCUT2D eigenvalue weighted by Gasteiger charge is 2.34. The SMILES string of the molecule is O=C(NCC1CN(c2cc(F)c(N3CCON(C(=O)Cc4ccncc4)CC3)c(F)c2)C(=O)O1)C(F)F. The summed E-state index contributed by atoms with van der Waals surface area (Å²) in [7, 11) is 0. The number of alkyl halides is 2. The summed E-state index contributed by atoms with van der Waals surface area (Å²) in [6, 6.07) is 5.31. The molecule has 3 heterocycles. The summed E-state index contributed by atoms with van der Waals surface area (Å²) in [5.74, 6) is -3.73. The molecule has 0 spiro atoms. The van der Waals surface area contributed by atoms with Gasteiger partial charge in [0.15, 0.2) is 11.6 Å². The summed E-state index contributed by atoms with van der Waals surface area (Å²) < 4.78 is 59.8. The fraction of sp³-hybridized carbons (Fsp3) is 0.391. The molecule has 198 valence electrons. The van der Waals surface area contributed by atoms with Crippen molar-refractivity contribution >= 4 is 29.3 Å². The van der Waals surface area contributed by atoms with E-state index in [0.717, 1.165) is 27.7 Å². The molecule has 2 aliphatic heterocycles. The summed E-state index contributed by atoms with van der Waals surface area (Å²) in [5.41, 5.74) is 0.271. The largest absolute Gasteiger partial charge is 0.442 e. The van der Waals surface area contributed by atoms with Crippen LogP contribution in [0.15, 0.2) is 36.7 Å². The number of ether oxygens (including phenoxy) is 1. The molecular formula is C23H23F4N5O5. The molecule has 1 N–H and O–H groups in total. The van der Waals surface area contributed by atoms with Crippen molar-refractivity contribution in [1.29, 1.82) is 0 Å². The molecule has 1 atom stereocenters. The number of nitrogens with zero attached hydrogens (tertiary/aromatic N) is 4. The van der Waals surface area contributed by atoms with Crippen LogP contribution >= 0.6 is 0 Å². The first-order valence-corrected chi connectivity index (χ1v) is 11.3. The molecule has 14 heteroatoms. The van der Waals surface area contributed by atoms with Crippen LogP contribution in [0.4, 0.5) is 33.7 Å². The van der Waals surface area contributed by atoms with Crippen LogP contribution in [0.1, 0.15) is 5.56 Å². The molecule has 37 heavy (non-hydrogen) atoms. The lowest BCUT2D eigenvalue weighted by molar-refractivity contribution is -0.181. The van der Waals surface area contributed by atoms with Gasteiger partial charge in [0.25, 0.3) is 11.8 Å². The Kier molecular flexibility index (Phi) is 8.06. The van der Waals surface area contributed by atoms with Gasteiger partial charge in [-0.1, -0.05) is 0 Å². The predicted octanol–water partition coefficient (Wildman–Crippen LogP) is 1.89. The van der Waals surface area contributed by atoms with Crippen molar-refractivity contribution < 1.29 is 41.5 Å². The lowest BCUT2D eigenvalue weighted by atomic mass is 10.2. The second kappa shape index (κ2) is 11.4. The molecule has 10 nitrogen and oxygen atoms in total. The van der Waals surface area contributed by atoms with Crippen LogP contribution in [0.3, 0.4) is 0 Å². The summed E-state index contributed by atoms with van der Waals surface area (Å²) in [4.78, 5) is 47.5. The van der Waals surface area contributed by atoms with E-state index in [-0.39, 0.29) is 63.0 Å². The van der Waals surface area contributed by atoms with E-state index in [2.05, 4.69) is 4.98 Å². The van der Waals surface area contributed by atoms with Crippen LogP contribution in [-0.4, -0.2) is 79.8 Å². The normalized spacial score (nSPS) is 18.1. The quantitative estimate of drug-likeness (QED) is 0.551. The maximum atomic E-state index is 15.1. The molecule has 1 unspecified atom stereocenters. The monoisotopic (exact) mass is 525 g/mol. The molecule has 4 rings (SSSR count).